The summed E-state index contributed by atoms with van der Waals surface area (Å²) in [5.41, 5.74) is 8.32. The molecule has 10 heteroatoms. The first-order chi connectivity index (χ1) is 19.7. The van der Waals surface area contributed by atoms with Gasteiger partial charge in [0.1, 0.15) is 10.8 Å². The molecule has 0 aliphatic carbocycles. The molecule has 2 saturated heterocycles. The number of nitrogens with two attached hydrogens (primary N) is 1. The summed E-state index contributed by atoms with van der Waals surface area (Å²) in [5.74, 6) is -0.865. The van der Waals surface area contributed by atoms with Crippen molar-refractivity contribution in [2.45, 2.75) is 82.5 Å². The highest BCUT2D eigenvalue weighted by Gasteiger charge is 2.45. The Balaban J connectivity index is 1.53. The van der Waals surface area contributed by atoms with Gasteiger partial charge in [0.05, 0.1) is 23.7 Å². The van der Waals surface area contributed by atoms with Crippen molar-refractivity contribution in [1.82, 2.24) is 9.80 Å². The van der Waals surface area contributed by atoms with E-state index in [-0.39, 0.29) is 43.0 Å². The average molecular weight is 605 g/mol. The summed E-state index contributed by atoms with van der Waals surface area (Å²) >= 11 is 12.5. The van der Waals surface area contributed by atoms with E-state index in [4.69, 9.17) is 33.7 Å². The van der Waals surface area contributed by atoms with Crippen LogP contribution in [-0.2, 0) is 27.2 Å². The Morgan fingerprint density at radius 3 is 2.59 bits per heavy atom. The maximum absolute atomic E-state index is 14.0. The second-order valence-electron chi connectivity index (χ2n) is 10.9. The van der Waals surface area contributed by atoms with Crippen LogP contribution in [-0.4, -0.2) is 76.4 Å². The first kappa shape index (κ1) is 31.3. The molecular weight excluding hydrogens is 565 g/mol. The van der Waals surface area contributed by atoms with Crippen LogP contribution in [0, 0.1) is 0 Å². The Morgan fingerprint density at radius 2 is 1.88 bits per heavy atom. The molecule has 2 aliphatic heterocycles. The third kappa shape index (κ3) is 7.80. The lowest BCUT2D eigenvalue weighted by molar-refractivity contribution is -0.144. The van der Waals surface area contributed by atoms with E-state index in [1.807, 2.05) is 25.1 Å². The second kappa shape index (κ2) is 14.5. The van der Waals surface area contributed by atoms with Crippen LogP contribution in [0.3, 0.4) is 0 Å². The monoisotopic (exact) mass is 603 g/mol. The van der Waals surface area contributed by atoms with E-state index in [1.165, 1.54) is 5.56 Å². The van der Waals surface area contributed by atoms with Crippen LogP contribution in [0.1, 0.15) is 56.6 Å². The van der Waals surface area contributed by atoms with Crippen molar-refractivity contribution < 1.29 is 24.2 Å². The van der Waals surface area contributed by atoms with Crippen molar-refractivity contribution in [3.63, 3.8) is 0 Å². The number of amides is 1. The van der Waals surface area contributed by atoms with Gasteiger partial charge in [0.15, 0.2) is 5.78 Å². The van der Waals surface area contributed by atoms with Gasteiger partial charge in [-0.1, -0.05) is 59.6 Å². The number of carboxylic acid groups (broad SMARTS) is 1. The van der Waals surface area contributed by atoms with Gasteiger partial charge in [0, 0.05) is 38.0 Å². The summed E-state index contributed by atoms with van der Waals surface area (Å²) in [6.45, 7) is 3.25. The summed E-state index contributed by atoms with van der Waals surface area (Å²) in [6.07, 6.45) is 3.27. The number of ether oxygens (including phenoxy) is 1. The average Bonchev–Trinajstić information content (AvgIpc) is 3.30. The van der Waals surface area contributed by atoms with Gasteiger partial charge in [-0.2, -0.15) is 0 Å². The Hall–Kier alpha value is -2.65. The summed E-state index contributed by atoms with van der Waals surface area (Å²) in [7, 11) is 0. The third-order valence-electron chi connectivity index (χ3n) is 8.16. The van der Waals surface area contributed by atoms with Gasteiger partial charge in [0.2, 0.25) is 5.91 Å². The minimum Gasteiger partial charge on any atom is -0.492 e. The van der Waals surface area contributed by atoms with E-state index >= 15 is 0 Å². The van der Waals surface area contributed by atoms with Gasteiger partial charge in [-0.05, 0) is 62.6 Å². The second-order valence-corrected chi connectivity index (χ2v) is 11.7. The molecule has 0 radical (unpaired) electrons. The molecule has 222 valence electrons. The van der Waals surface area contributed by atoms with Crippen LogP contribution in [0.25, 0.3) is 0 Å². The molecule has 2 aliphatic rings. The van der Waals surface area contributed by atoms with Crippen molar-refractivity contribution in [2.75, 3.05) is 19.7 Å². The molecule has 4 atom stereocenters. The van der Waals surface area contributed by atoms with Crippen molar-refractivity contribution in [3.8, 4) is 5.75 Å². The molecule has 1 unspecified atom stereocenters. The van der Waals surface area contributed by atoms with Gasteiger partial charge >= 0.3 is 5.97 Å². The first-order valence-corrected chi connectivity index (χ1v) is 15.1. The number of benzene rings is 2. The molecule has 2 aromatic carbocycles. The predicted octanol–water partition coefficient (Wildman–Crippen LogP) is 4.76. The maximum atomic E-state index is 14.0. The number of ketones is 1. The van der Waals surface area contributed by atoms with Crippen LogP contribution in [0.2, 0.25) is 10.0 Å². The quantitative estimate of drug-likeness (QED) is 0.339. The minimum absolute atomic E-state index is 0.0626. The Kier molecular flexibility index (Phi) is 11.1. The van der Waals surface area contributed by atoms with E-state index < -0.39 is 18.1 Å². The number of hydrogen-bond donors (Lipinski definition) is 2. The van der Waals surface area contributed by atoms with Crippen molar-refractivity contribution >= 4 is 40.9 Å². The molecule has 0 saturated carbocycles. The highest BCUT2D eigenvalue weighted by atomic mass is 35.5. The normalized spacial score (nSPS) is 21.8. The zero-order valence-electron chi connectivity index (χ0n) is 23.4. The zero-order valence-corrected chi connectivity index (χ0v) is 24.9. The van der Waals surface area contributed by atoms with E-state index in [9.17, 15) is 19.5 Å². The minimum atomic E-state index is -1.00. The molecule has 2 aromatic rings. The topological polar surface area (TPSA) is 113 Å². The van der Waals surface area contributed by atoms with E-state index in [0.29, 0.717) is 54.8 Å². The number of hydrogen-bond acceptors (Lipinski definition) is 6. The SMILES string of the molecule is CCOc1c(CCC(=O)[C@@H](CCC(=O)O)N2CCC(CCc3ccccc3)N3C[C@H](N)C[C@H]3C2=O)ccc(Cl)c1Cl. The lowest BCUT2D eigenvalue weighted by Gasteiger charge is -2.32. The summed E-state index contributed by atoms with van der Waals surface area (Å²) in [5, 5.41) is 10.1. The maximum Gasteiger partial charge on any atom is 0.303 e. The van der Waals surface area contributed by atoms with Crippen molar-refractivity contribution in [2.24, 2.45) is 5.73 Å². The lowest BCUT2D eigenvalue weighted by atomic mass is 9.97. The Morgan fingerprint density at radius 1 is 1.12 bits per heavy atom. The van der Waals surface area contributed by atoms with E-state index in [1.54, 1.807) is 17.0 Å². The Labute approximate surface area is 251 Å². The van der Waals surface area contributed by atoms with Crippen LogP contribution in [0.15, 0.2) is 42.5 Å². The molecule has 4 rings (SSSR count). The molecule has 3 N–H and O–H groups in total. The molecule has 41 heavy (non-hydrogen) atoms. The number of carbonyl (C=O) groups excluding carboxylic acids is 2. The standard InChI is InChI=1S/C31H39Cl2N3O5/c1-2-41-30-21(9-12-24(32)29(30)33)10-14-27(37)25(13-15-28(38)39)35-17-16-23(11-8-20-6-4-3-5-7-20)36-19-22(34)18-26(36)31(35)40/h3-7,9,12,22-23,25-26H,2,8,10-11,13-19,34H2,1H3,(H,38,39)/t22-,23?,25-,26+/m1/s1. The van der Waals surface area contributed by atoms with Crippen LogP contribution in [0.4, 0.5) is 0 Å². The molecule has 2 heterocycles. The molecule has 0 aromatic heterocycles. The lowest BCUT2D eigenvalue weighted by Crippen LogP contribution is -2.50. The number of aryl methyl sites for hydroxylation is 2. The molecule has 2 fully saturated rings. The van der Waals surface area contributed by atoms with Crippen LogP contribution < -0.4 is 10.5 Å². The number of carboxylic acids is 1. The molecule has 1 amide bonds. The number of Topliss-reactive ketones (excluding diaryl/α,β-unsaturated/α-hetero) is 1. The predicted molar refractivity (Wildman–Crippen MR) is 160 cm³/mol. The van der Waals surface area contributed by atoms with Crippen LogP contribution in [0.5, 0.6) is 5.75 Å². The fraction of sp³-hybridized carbons (Fsp3) is 0.516. The third-order valence-corrected chi connectivity index (χ3v) is 8.95. The van der Waals surface area contributed by atoms with Crippen molar-refractivity contribution in [3.05, 3.63) is 63.6 Å². The number of halogens is 2. The van der Waals surface area contributed by atoms with Gasteiger partial charge in [0.25, 0.3) is 0 Å². The summed E-state index contributed by atoms with van der Waals surface area (Å²) in [6, 6.07) is 12.5. The highest BCUT2D eigenvalue weighted by Crippen LogP contribution is 2.36. The summed E-state index contributed by atoms with van der Waals surface area (Å²) < 4.78 is 5.71. The van der Waals surface area contributed by atoms with Crippen LogP contribution >= 0.6 is 23.2 Å². The number of nitrogens with zero attached hydrogens (tertiary/aromatic N) is 2. The molecule has 0 spiro atoms. The zero-order chi connectivity index (χ0) is 29.5. The number of aliphatic carboxylic acids is 1. The van der Waals surface area contributed by atoms with Gasteiger partial charge in [-0.15, -0.1) is 0 Å². The van der Waals surface area contributed by atoms with E-state index in [2.05, 4.69) is 17.0 Å². The largest absolute Gasteiger partial charge is 0.492 e. The summed E-state index contributed by atoms with van der Waals surface area (Å²) in [4.78, 5) is 43.1. The highest BCUT2D eigenvalue weighted by molar-refractivity contribution is 6.43. The molecule has 8 nitrogen and oxygen atoms in total. The first-order valence-electron chi connectivity index (χ1n) is 14.4. The number of carbonyl (C=O) groups is 3. The Bertz CT molecular complexity index is 1230. The van der Waals surface area contributed by atoms with Gasteiger partial charge in [-0.25, -0.2) is 0 Å². The smallest absolute Gasteiger partial charge is 0.303 e. The fourth-order valence-electron chi connectivity index (χ4n) is 6.14. The van der Waals surface area contributed by atoms with Crippen molar-refractivity contribution in [1.29, 1.82) is 0 Å². The van der Waals surface area contributed by atoms with Gasteiger partial charge in [-0.3, -0.25) is 19.3 Å². The number of fused-ring (bicyclic) bond motifs is 1. The number of rotatable bonds is 13. The fourth-order valence-corrected chi connectivity index (χ4v) is 6.53. The molecule has 0 bridgehead atoms. The van der Waals surface area contributed by atoms with E-state index in [0.717, 1.165) is 18.4 Å². The van der Waals surface area contributed by atoms with Gasteiger partial charge < -0.3 is 20.5 Å². The molecular formula is C31H39Cl2N3O5.